The topological polar surface area (TPSA) is 74.1 Å². The van der Waals surface area contributed by atoms with Crippen LogP contribution in [0.2, 0.25) is 0 Å². The molecule has 7 nitrogen and oxygen atoms in total. The lowest BCUT2D eigenvalue weighted by atomic mass is 10.1. The van der Waals surface area contributed by atoms with E-state index in [0.717, 1.165) is 5.65 Å². The highest BCUT2D eigenvalue weighted by Gasteiger charge is 2.19. The van der Waals surface area contributed by atoms with Gasteiger partial charge in [0.1, 0.15) is 5.65 Å². The molecule has 27 heavy (non-hydrogen) atoms. The van der Waals surface area contributed by atoms with E-state index >= 15 is 0 Å². The Balaban J connectivity index is 1.92. The third kappa shape index (κ3) is 4.13. The highest BCUT2D eigenvalue weighted by atomic mass is 16.5. The molecule has 1 amide bonds. The molecule has 0 bridgehead atoms. The summed E-state index contributed by atoms with van der Waals surface area (Å²) in [6, 6.07) is 8.97. The number of carbonyl (C=O) groups excluding carboxylic acids is 1. The summed E-state index contributed by atoms with van der Waals surface area (Å²) in [5.41, 5.74) is 1.16. The van der Waals surface area contributed by atoms with Gasteiger partial charge in [0.15, 0.2) is 17.3 Å². The number of hydrogen-bond donors (Lipinski definition) is 1. The predicted octanol–water partition coefficient (Wildman–Crippen LogP) is 3.78. The molecule has 0 saturated heterocycles. The maximum Gasteiger partial charge on any atom is 0.257 e. The summed E-state index contributed by atoms with van der Waals surface area (Å²) in [5, 5.41) is 2.81. The van der Waals surface area contributed by atoms with Gasteiger partial charge < -0.3 is 23.9 Å². The number of fused-ring (bicyclic) bond motifs is 1. The zero-order chi connectivity index (χ0) is 19.2. The van der Waals surface area contributed by atoms with Crippen molar-refractivity contribution in [2.24, 2.45) is 0 Å². The molecule has 3 rings (SSSR count). The van der Waals surface area contributed by atoms with Gasteiger partial charge in [-0.3, -0.25) is 4.79 Å². The molecule has 0 aliphatic heterocycles. The summed E-state index contributed by atoms with van der Waals surface area (Å²) in [7, 11) is 0. The SMILES string of the molecule is CCOc1cc(C(=O)Nc2cn3ccccc3n2)cc(OCC)c1OCC. The highest BCUT2D eigenvalue weighted by molar-refractivity contribution is 6.04. The van der Waals surface area contributed by atoms with Gasteiger partial charge in [0, 0.05) is 11.8 Å². The van der Waals surface area contributed by atoms with Crippen LogP contribution in [0.15, 0.2) is 42.7 Å². The molecule has 0 spiro atoms. The van der Waals surface area contributed by atoms with Crippen LogP contribution in [0.1, 0.15) is 31.1 Å². The Morgan fingerprint density at radius 3 is 2.30 bits per heavy atom. The summed E-state index contributed by atoms with van der Waals surface area (Å²) in [6.07, 6.45) is 3.63. The number of nitrogens with one attached hydrogen (secondary N) is 1. The van der Waals surface area contributed by atoms with Gasteiger partial charge in [-0.2, -0.15) is 0 Å². The minimum absolute atomic E-state index is 0.302. The van der Waals surface area contributed by atoms with Crippen LogP contribution in [0.4, 0.5) is 5.82 Å². The Morgan fingerprint density at radius 2 is 1.70 bits per heavy atom. The minimum atomic E-state index is -0.302. The Hall–Kier alpha value is -3.22. The number of amides is 1. The zero-order valence-electron chi connectivity index (χ0n) is 15.7. The monoisotopic (exact) mass is 369 g/mol. The van der Waals surface area contributed by atoms with Crippen molar-refractivity contribution >= 4 is 17.4 Å². The van der Waals surface area contributed by atoms with Crippen molar-refractivity contribution in [3.8, 4) is 17.2 Å². The largest absolute Gasteiger partial charge is 0.490 e. The van der Waals surface area contributed by atoms with E-state index in [1.54, 1.807) is 18.3 Å². The number of ether oxygens (including phenoxy) is 3. The van der Waals surface area contributed by atoms with Crippen LogP contribution in [0.5, 0.6) is 17.2 Å². The van der Waals surface area contributed by atoms with Crippen LogP contribution in [0.3, 0.4) is 0 Å². The van der Waals surface area contributed by atoms with Crippen LogP contribution in [0.25, 0.3) is 5.65 Å². The average molecular weight is 369 g/mol. The van der Waals surface area contributed by atoms with Gasteiger partial charge in [0.2, 0.25) is 5.75 Å². The second kappa shape index (κ2) is 8.44. The first kappa shape index (κ1) is 18.6. The molecular weight excluding hydrogens is 346 g/mol. The maximum atomic E-state index is 12.8. The Labute approximate surface area is 157 Å². The van der Waals surface area contributed by atoms with E-state index < -0.39 is 0 Å². The Morgan fingerprint density at radius 1 is 1.04 bits per heavy atom. The zero-order valence-corrected chi connectivity index (χ0v) is 15.7. The number of hydrogen-bond acceptors (Lipinski definition) is 5. The van der Waals surface area contributed by atoms with Crippen molar-refractivity contribution in [1.82, 2.24) is 9.38 Å². The number of aromatic nitrogens is 2. The standard InChI is InChI=1S/C20H23N3O4/c1-4-25-15-11-14(12-16(26-5-2)19(15)27-6-3)20(24)22-17-13-23-10-8-7-9-18(23)21-17/h7-13H,4-6H2,1-3H3,(H,22,24). The molecule has 0 saturated carbocycles. The molecule has 3 aromatic rings. The molecule has 1 aromatic carbocycles. The number of anilines is 1. The van der Waals surface area contributed by atoms with Gasteiger partial charge in [0.05, 0.1) is 26.0 Å². The van der Waals surface area contributed by atoms with Gasteiger partial charge in [-0.25, -0.2) is 4.98 Å². The lowest BCUT2D eigenvalue weighted by Crippen LogP contribution is -2.13. The number of imidazole rings is 1. The fraction of sp³-hybridized carbons (Fsp3) is 0.300. The predicted molar refractivity (Wildman–Crippen MR) is 103 cm³/mol. The van der Waals surface area contributed by atoms with E-state index in [1.165, 1.54) is 0 Å². The van der Waals surface area contributed by atoms with Crippen molar-refractivity contribution in [3.05, 3.63) is 48.3 Å². The first-order valence-corrected chi connectivity index (χ1v) is 8.97. The molecule has 2 heterocycles. The lowest BCUT2D eigenvalue weighted by molar-refractivity contribution is 0.102. The molecule has 0 atom stereocenters. The van der Waals surface area contributed by atoms with Crippen LogP contribution in [-0.4, -0.2) is 35.1 Å². The van der Waals surface area contributed by atoms with Crippen molar-refractivity contribution in [2.75, 3.05) is 25.1 Å². The highest BCUT2D eigenvalue weighted by Crippen LogP contribution is 2.39. The third-order valence-corrected chi connectivity index (χ3v) is 3.78. The fourth-order valence-corrected chi connectivity index (χ4v) is 2.70. The van der Waals surface area contributed by atoms with Gasteiger partial charge in [-0.1, -0.05) is 6.07 Å². The number of rotatable bonds is 8. The minimum Gasteiger partial charge on any atom is -0.490 e. The Bertz CT molecular complexity index is 876. The number of nitrogens with zero attached hydrogens (tertiary/aromatic N) is 2. The van der Waals surface area contributed by atoms with Crippen LogP contribution < -0.4 is 19.5 Å². The van der Waals surface area contributed by atoms with E-state index in [1.807, 2.05) is 49.6 Å². The molecule has 1 N–H and O–H groups in total. The van der Waals surface area contributed by atoms with Crippen molar-refractivity contribution in [2.45, 2.75) is 20.8 Å². The average Bonchev–Trinajstić information content (AvgIpc) is 3.06. The summed E-state index contributed by atoms with van der Waals surface area (Å²) in [4.78, 5) is 17.1. The smallest absolute Gasteiger partial charge is 0.257 e. The molecular formula is C20H23N3O4. The van der Waals surface area contributed by atoms with E-state index in [0.29, 0.717) is 48.5 Å². The van der Waals surface area contributed by atoms with Crippen LogP contribution in [0, 0.1) is 0 Å². The summed E-state index contributed by atoms with van der Waals surface area (Å²) < 4.78 is 18.8. The molecule has 0 aliphatic rings. The van der Waals surface area contributed by atoms with Crippen molar-refractivity contribution < 1.29 is 19.0 Å². The number of benzene rings is 1. The fourth-order valence-electron chi connectivity index (χ4n) is 2.70. The molecule has 0 radical (unpaired) electrons. The van der Waals surface area contributed by atoms with Gasteiger partial charge in [-0.05, 0) is 45.0 Å². The molecule has 142 valence electrons. The summed E-state index contributed by atoms with van der Waals surface area (Å²) >= 11 is 0. The first-order valence-electron chi connectivity index (χ1n) is 8.97. The number of carbonyl (C=O) groups is 1. The van der Waals surface area contributed by atoms with E-state index in [9.17, 15) is 4.79 Å². The maximum absolute atomic E-state index is 12.8. The van der Waals surface area contributed by atoms with Gasteiger partial charge in [-0.15, -0.1) is 0 Å². The summed E-state index contributed by atoms with van der Waals surface area (Å²) in [6.45, 7) is 6.99. The van der Waals surface area contributed by atoms with E-state index in [4.69, 9.17) is 14.2 Å². The van der Waals surface area contributed by atoms with Crippen LogP contribution in [-0.2, 0) is 0 Å². The summed E-state index contributed by atoms with van der Waals surface area (Å²) in [5.74, 6) is 1.63. The quantitative estimate of drug-likeness (QED) is 0.654. The van der Waals surface area contributed by atoms with Crippen molar-refractivity contribution in [3.63, 3.8) is 0 Å². The molecule has 2 aromatic heterocycles. The molecule has 0 aliphatic carbocycles. The molecule has 0 unspecified atom stereocenters. The third-order valence-electron chi connectivity index (χ3n) is 3.78. The first-order chi connectivity index (χ1) is 13.2. The molecule has 7 heteroatoms. The molecule has 0 fully saturated rings. The lowest BCUT2D eigenvalue weighted by Gasteiger charge is -2.16. The Kier molecular flexibility index (Phi) is 5.80. The van der Waals surface area contributed by atoms with E-state index in [-0.39, 0.29) is 5.91 Å². The normalized spacial score (nSPS) is 10.6. The van der Waals surface area contributed by atoms with Gasteiger partial charge in [0.25, 0.3) is 5.91 Å². The van der Waals surface area contributed by atoms with Gasteiger partial charge >= 0.3 is 0 Å². The van der Waals surface area contributed by atoms with E-state index in [2.05, 4.69) is 10.3 Å². The van der Waals surface area contributed by atoms with Crippen LogP contribution >= 0.6 is 0 Å². The second-order valence-electron chi connectivity index (χ2n) is 5.65. The number of pyridine rings is 1. The van der Waals surface area contributed by atoms with Crippen molar-refractivity contribution in [1.29, 1.82) is 0 Å². The second-order valence-corrected chi connectivity index (χ2v) is 5.65.